The topological polar surface area (TPSA) is 50.7 Å². The highest BCUT2D eigenvalue weighted by atomic mass is 32.1. The van der Waals surface area contributed by atoms with Crippen molar-refractivity contribution in [2.45, 2.75) is 19.9 Å². The van der Waals surface area contributed by atoms with Crippen LogP contribution in [0.15, 0.2) is 24.7 Å². The van der Waals surface area contributed by atoms with Gasteiger partial charge < -0.3 is 5.32 Å². The Morgan fingerprint density at radius 2 is 2.07 bits per heavy atom. The fourth-order valence-corrected chi connectivity index (χ4v) is 1.94. The Hall–Kier alpha value is -1.49. The fourth-order valence-electron chi connectivity index (χ4n) is 1.14. The smallest absolute Gasteiger partial charge is 0.222 e. The molecule has 0 aliphatic heterocycles. The van der Waals surface area contributed by atoms with Gasteiger partial charge in [0, 0.05) is 23.5 Å². The lowest BCUT2D eigenvalue weighted by molar-refractivity contribution is 1.03. The summed E-state index contributed by atoms with van der Waals surface area (Å²) in [6.45, 7) is 2.82. The van der Waals surface area contributed by atoms with Gasteiger partial charge in [-0.15, -0.1) is 11.3 Å². The lowest BCUT2D eigenvalue weighted by Gasteiger charge is -1.99. The molecule has 0 spiro atoms. The van der Waals surface area contributed by atoms with Crippen LogP contribution in [0.25, 0.3) is 0 Å². The van der Waals surface area contributed by atoms with Gasteiger partial charge in [0.05, 0.1) is 6.54 Å². The fraction of sp³-hybridized carbons (Fsp3) is 0.300. The second-order valence-corrected chi connectivity index (χ2v) is 4.20. The first-order valence-electron chi connectivity index (χ1n) is 4.83. The molecule has 15 heavy (non-hydrogen) atoms. The standard InChI is InChI=1S/C10H12N4S/c1-2-8-6-13-9(15-8)7-14-10-11-4-3-5-12-10/h3-6H,2,7H2,1H3,(H,11,12,14). The van der Waals surface area contributed by atoms with Crippen LogP contribution in [0, 0.1) is 0 Å². The molecule has 0 atom stereocenters. The van der Waals surface area contributed by atoms with Gasteiger partial charge >= 0.3 is 0 Å². The van der Waals surface area contributed by atoms with E-state index in [4.69, 9.17) is 0 Å². The van der Waals surface area contributed by atoms with Gasteiger partial charge in [-0.05, 0) is 12.5 Å². The van der Waals surface area contributed by atoms with Crippen LogP contribution in [0.1, 0.15) is 16.8 Å². The molecule has 5 heteroatoms. The van der Waals surface area contributed by atoms with Gasteiger partial charge in [0.1, 0.15) is 5.01 Å². The number of hydrogen-bond donors (Lipinski definition) is 1. The Labute approximate surface area is 92.4 Å². The quantitative estimate of drug-likeness (QED) is 0.857. The summed E-state index contributed by atoms with van der Waals surface area (Å²) in [5.74, 6) is 0.644. The van der Waals surface area contributed by atoms with Gasteiger partial charge in [-0.3, -0.25) is 0 Å². The highest BCUT2D eigenvalue weighted by molar-refractivity contribution is 7.11. The summed E-state index contributed by atoms with van der Waals surface area (Å²) in [6, 6.07) is 1.80. The molecule has 2 heterocycles. The van der Waals surface area contributed by atoms with E-state index in [2.05, 4.69) is 27.2 Å². The molecule has 1 N–H and O–H groups in total. The molecule has 78 valence electrons. The van der Waals surface area contributed by atoms with Crippen molar-refractivity contribution in [1.82, 2.24) is 15.0 Å². The highest BCUT2D eigenvalue weighted by Crippen LogP contribution is 2.13. The Kier molecular flexibility index (Phi) is 3.24. The number of thiazole rings is 1. The van der Waals surface area contributed by atoms with Gasteiger partial charge in [0.25, 0.3) is 0 Å². The predicted molar refractivity (Wildman–Crippen MR) is 60.9 cm³/mol. The van der Waals surface area contributed by atoms with Gasteiger partial charge in [-0.2, -0.15) is 0 Å². The van der Waals surface area contributed by atoms with Crippen LogP contribution >= 0.6 is 11.3 Å². The Morgan fingerprint density at radius 1 is 1.27 bits per heavy atom. The largest absolute Gasteiger partial charge is 0.348 e. The second-order valence-electron chi connectivity index (χ2n) is 3.00. The summed E-state index contributed by atoms with van der Waals surface area (Å²) in [5, 5.41) is 4.19. The first-order chi connectivity index (χ1) is 7.38. The molecular formula is C10H12N4S. The molecule has 0 fully saturated rings. The molecule has 0 radical (unpaired) electrons. The molecule has 2 aromatic heterocycles. The minimum absolute atomic E-state index is 0.644. The SMILES string of the molecule is CCc1cnc(CNc2ncccn2)s1. The Balaban J connectivity index is 1.93. The molecule has 0 unspecified atom stereocenters. The van der Waals surface area contributed by atoms with Crippen LogP contribution in [0.4, 0.5) is 5.95 Å². The van der Waals surface area contributed by atoms with Crippen LogP contribution in [0.5, 0.6) is 0 Å². The van der Waals surface area contributed by atoms with E-state index in [0.717, 1.165) is 11.4 Å². The van der Waals surface area contributed by atoms with Crippen molar-refractivity contribution in [2.24, 2.45) is 0 Å². The maximum atomic E-state index is 4.30. The van der Waals surface area contributed by atoms with E-state index in [9.17, 15) is 0 Å². The van der Waals surface area contributed by atoms with Gasteiger partial charge in [-0.25, -0.2) is 15.0 Å². The molecular weight excluding hydrogens is 208 g/mol. The van der Waals surface area contributed by atoms with Crippen molar-refractivity contribution in [3.63, 3.8) is 0 Å². The third-order valence-corrected chi connectivity index (χ3v) is 3.06. The van der Waals surface area contributed by atoms with Gasteiger partial charge in [-0.1, -0.05) is 6.92 Å². The van der Waals surface area contributed by atoms with Crippen molar-refractivity contribution in [2.75, 3.05) is 5.32 Å². The minimum Gasteiger partial charge on any atom is -0.348 e. The van der Waals surface area contributed by atoms with Gasteiger partial charge in [0.2, 0.25) is 5.95 Å². The third-order valence-electron chi connectivity index (χ3n) is 1.91. The zero-order valence-electron chi connectivity index (χ0n) is 8.47. The molecule has 0 aromatic carbocycles. The molecule has 0 saturated carbocycles. The van der Waals surface area contributed by atoms with E-state index in [0.29, 0.717) is 12.5 Å². The lowest BCUT2D eigenvalue weighted by atomic mass is 10.4. The summed E-state index contributed by atoms with van der Waals surface area (Å²) >= 11 is 1.72. The zero-order chi connectivity index (χ0) is 10.5. The number of rotatable bonds is 4. The monoisotopic (exact) mass is 220 g/mol. The van der Waals surface area contributed by atoms with E-state index in [1.165, 1.54) is 4.88 Å². The normalized spacial score (nSPS) is 10.2. The van der Waals surface area contributed by atoms with E-state index in [1.807, 2.05) is 6.20 Å². The van der Waals surface area contributed by atoms with Crippen LogP contribution in [-0.2, 0) is 13.0 Å². The van der Waals surface area contributed by atoms with Crippen LogP contribution in [0.2, 0.25) is 0 Å². The number of nitrogens with zero attached hydrogens (tertiary/aromatic N) is 3. The average molecular weight is 220 g/mol. The van der Waals surface area contributed by atoms with E-state index in [-0.39, 0.29) is 0 Å². The maximum Gasteiger partial charge on any atom is 0.222 e. The number of nitrogens with one attached hydrogen (secondary N) is 1. The molecule has 4 nitrogen and oxygen atoms in total. The number of aromatic nitrogens is 3. The summed E-state index contributed by atoms with van der Waals surface area (Å²) in [5.41, 5.74) is 0. The van der Waals surface area contributed by atoms with Crippen molar-refractivity contribution in [3.05, 3.63) is 34.5 Å². The van der Waals surface area contributed by atoms with E-state index in [1.54, 1.807) is 29.8 Å². The Bertz CT molecular complexity index is 412. The predicted octanol–water partition coefficient (Wildman–Crippen LogP) is 2.11. The second kappa shape index (κ2) is 4.84. The summed E-state index contributed by atoms with van der Waals surface area (Å²) in [7, 11) is 0. The number of aryl methyl sites for hydroxylation is 1. The van der Waals surface area contributed by atoms with Crippen LogP contribution in [0.3, 0.4) is 0 Å². The zero-order valence-corrected chi connectivity index (χ0v) is 9.29. The molecule has 2 aromatic rings. The molecule has 2 rings (SSSR count). The Morgan fingerprint density at radius 3 is 2.73 bits per heavy atom. The minimum atomic E-state index is 0.644. The van der Waals surface area contributed by atoms with Crippen LogP contribution in [-0.4, -0.2) is 15.0 Å². The summed E-state index contributed by atoms with van der Waals surface area (Å²) in [4.78, 5) is 13.8. The highest BCUT2D eigenvalue weighted by Gasteiger charge is 2.00. The average Bonchev–Trinajstić information content (AvgIpc) is 2.76. The molecule has 0 amide bonds. The molecule has 0 aliphatic carbocycles. The maximum absolute atomic E-state index is 4.30. The first-order valence-corrected chi connectivity index (χ1v) is 5.64. The molecule has 0 aliphatic rings. The summed E-state index contributed by atoms with van der Waals surface area (Å²) in [6.07, 6.45) is 6.40. The molecule has 0 bridgehead atoms. The number of anilines is 1. The third kappa shape index (κ3) is 2.73. The summed E-state index contributed by atoms with van der Waals surface area (Å²) < 4.78 is 0. The molecule has 0 saturated heterocycles. The van der Waals surface area contributed by atoms with E-state index >= 15 is 0 Å². The van der Waals surface area contributed by atoms with Crippen molar-refractivity contribution < 1.29 is 0 Å². The van der Waals surface area contributed by atoms with Crippen molar-refractivity contribution in [3.8, 4) is 0 Å². The van der Waals surface area contributed by atoms with Crippen LogP contribution < -0.4 is 5.32 Å². The van der Waals surface area contributed by atoms with Crippen molar-refractivity contribution >= 4 is 17.3 Å². The first kappa shape index (κ1) is 10.0. The van der Waals surface area contributed by atoms with E-state index < -0.39 is 0 Å². The van der Waals surface area contributed by atoms with Gasteiger partial charge in [0.15, 0.2) is 0 Å². The number of hydrogen-bond acceptors (Lipinski definition) is 5. The van der Waals surface area contributed by atoms with Crippen molar-refractivity contribution in [1.29, 1.82) is 0 Å². The lowest BCUT2D eigenvalue weighted by Crippen LogP contribution is -2.02.